The Morgan fingerprint density at radius 1 is 1.11 bits per heavy atom. The number of para-hydroxylation sites is 1. The number of aliphatic carboxylic acids is 1. The summed E-state index contributed by atoms with van der Waals surface area (Å²) in [6, 6.07) is 5.54. The van der Waals surface area contributed by atoms with Crippen molar-refractivity contribution < 1.29 is 33.9 Å². The molecule has 3 aliphatic rings. The average Bonchev–Trinajstić information content (AvgIpc) is 3.10. The topological polar surface area (TPSA) is 148 Å². The van der Waals surface area contributed by atoms with Crippen LogP contribution in [-0.4, -0.2) is 133 Å². The summed E-state index contributed by atoms with van der Waals surface area (Å²) in [6.45, 7) is 5.22. The van der Waals surface area contributed by atoms with E-state index in [1.54, 1.807) is 51.1 Å². The zero-order valence-electron chi connectivity index (χ0n) is 20.0. The molecule has 1 aromatic carbocycles. The van der Waals surface area contributed by atoms with E-state index in [4.69, 9.17) is 0 Å². The SMILES string of the molecule is CCN1CCN(C(=O)NCC(=O)N(c2ccccc2)[C@@H]2C(=O)N3[C@@H]2SC(C)(C)[C@@H]3C(=O)O)C(=O)C1=O.[NaH]. The Hall–Kier alpha value is -2.61. The summed E-state index contributed by atoms with van der Waals surface area (Å²) in [5.41, 5.74) is 0.412. The molecule has 0 radical (unpaired) electrons. The molecule has 0 unspecified atom stereocenters. The summed E-state index contributed by atoms with van der Waals surface area (Å²) in [6.07, 6.45) is 0. The summed E-state index contributed by atoms with van der Waals surface area (Å²) in [5.74, 6) is -3.98. The third kappa shape index (κ3) is 5.09. The molecule has 3 saturated heterocycles. The van der Waals surface area contributed by atoms with Crippen LogP contribution in [0, 0.1) is 0 Å². The second kappa shape index (κ2) is 11.0. The number of piperazine rings is 1. The van der Waals surface area contributed by atoms with Gasteiger partial charge in [-0.25, -0.2) is 9.59 Å². The molecule has 6 amide bonds. The Bertz CT molecular complexity index is 1130. The Balaban J connectivity index is 0.00000380. The van der Waals surface area contributed by atoms with E-state index in [1.165, 1.54) is 26.5 Å². The van der Waals surface area contributed by atoms with Crippen molar-refractivity contribution in [3.05, 3.63) is 30.3 Å². The standard InChI is InChI=1S/C23H27N5O7S.Na.H/c1-4-25-10-11-26(19(32)18(25)31)22(35)24-12-14(29)27(13-8-6-5-7-9-13)15-17(30)28-16(21(33)34)23(2,3)36-20(15)28;;/h5-9,15-16,20H,4,10-12H2,1-3H3,(H,24,35)(H,33,34);;/t15-,16+,20-;;/m1../s1. The molecule has 3 atom stereocenters. The number of amides is 6. The maximum absolute atomic E-state index is 13.4. The van der Waals surface area contributed by atoms with Crippen molar-refractivity contribution >= 4 is 82.6 Å². The fourth-order valence-electron chi connectivity index (χ4n) is 4.78. The van der Waals surface area contributed by atoms with Gasteiger partial charge in [-0.15, -0.1) is 11.8 Å². The van der Waals surface area contributed by atoms with E-state index in [0.717, 1.165) is 4.90 Å². The minimum absolute atomic E-state index is 0. The second-order valence-corrected chi connectivity index (χ2v) is 10.9. The van der Waals surface area contributed by atoms with E-state index in [1.807, 2.05) is 0 Å². The first-order valence-electron chi connectivity index (χ1n) is 11.5. The number of benzene rings is 1. The van der Waals surface area contributed by atoms with Gasteiger partial charge in [0.2, 0.25) is 5.91 Å². The van der Waals surface area contributed by atoms with E-state index >= 15 is 0 Å². The second-order valence-electron chi connectivity index (χ2n) is 9.14. The number of carbonyl (C=O) groups is 6. The zero-order chi connectivity index (χ0) is 26.4. The van der Waals surface area contributed by atoms with Gasteiger partial charge in [0.1, 0.15) is 17.5 Å². The molecule has 3 heterocycles. The predicted octanol–water partition coefficient (Wildman–Crippen LogP) is -0.713. The first kappa shape index (κ1) is 29.0. The Labute approximate surface area is 240 Å². The summed E-state index contributed by atoms with van der Waals surface area (Å²) in [7, 11) is 0. The van der Waals surface area contributed by atoms with E-state index in [2.05, 4.69) is 5.32 Å². The molecule has 14 heteroatoms. The first-order chi connectivity index (χ1) is 17.0. The van der Waals surface area contributed by atoms with Crippen LogP contribution in [0.4, 0.5) is 10.5 Å². The van der Waals surface area contributed by atoms with Crippen LogP contribution in [0.5, 0.6) is 0 Å². The molecule has 0 spiro atoms. The van der Waals surface area contributed by atoms with Crippen LogP contribution in [0.3, 0.4) is 0 Å². The number of carboxylic acids is 1. The molecule has 3 aliphatic heterocycles. The van der Waals surface area contributed by atoms with Gasteiger partial charge in [0, 0.05) is 30.1 Å². The molecule has 0 aliphatic carbocycles. The van der Waals surface area contributed by atoms with Gasteiger partial charge in [0.05, 0.1) is 6.54 Å². The number of carbonyl (C=O) groups excluding carboxylic acids is 5. The summed E-state index contributed by atoms with van der Waals surface area (Å²) >= 11 is 1.30. The van der Waals surface area contributed by atoms with Crippen molar-refractivity contribution in [2.75, 3.05) is 31.1 Å². The van der Waals surface area contributed by atoms with E-state index < -0.39 is 64.4 Å². The normalized spacial score (nSPS) is 24.1. The molecule has 0 saturated carbocycles. The Morgan fingerprint density at radius 3 is 2.35 bits per heavy atom. The van der Waals surface area contributed by atoms with Crippen molar-refractivity contribution in [2.45, 2.75) is 43.0 Å². The van der Waals surface area contributed by atoms with E-state index in [-0.39, 0.29) is 42.6 Å². The number of carboxylic acid groups (broad SMARTS) is 1. The van der Waals surface area contributed by atoms with Crippen molar-refractivity contribution in [2.24, 2.45) is 0 Å². The van der Waals surface area contributed by atoms with E-state index in [0.29, 0.717) is 12.2 Å². The molecular weight excluding hydrogens is 513 g/mol. The fourth-order valence-corrected chi connectivity index (χ4v) is 6.45. The molecule has 0 aromatic heterocycles. The number of hydrogen-bond donors (Lipinski definition) is 2. The summed E-state index contributed by atoms with van der Waals surface area (Å²) in [4.78, 5) is 80.0. The number of urea groups is 1. The van der Waals surface area contributed by atoms with Crippen LogP contribution in [0.1, 0.15) is 20.8 Å². The Kier molecular flexibility index (Phi) is 8.62. The predicted molar refractivity (Wildman–Crippen MR) is 136 cm³/mol. The van der Waals surface area contributed by atoms with Gasteiger partial charge in [0.25, 0.3) is 5.91 Å². The average molecular weight is 542 g/mol. The van der Waals surface area contributed by atoms with Crippen LogP contribution in [0.2, 0.25) is 0 Å². The van der Waals surface area contributed by atoms with Crippen LogP contribution in [-0.2, 0) is 24.0 Å². The number of nitrogens with one attached hydrogen (secondary N) is 1. The van der Waals surface area contributed by atoms with Gasteiger partial charge in [-0.3, -0.25) is 29.0 Å². The van der Waals surface area contributed by atoms with Gasteiger partial charge >= 0.3 is 53.4 Å². The monoisotopic (exact) mass is 541 g/mol. The number of nitrogens with zero attached hydrogens (tertiary/aromatic N) is 4. The quantitative estimate of drug-likeness (QED) is 0.273. The first-order valence-corrected chi connectivity index (χ1v) is 12.4. The maximum atomic E-state index is 13.4. The summed E-state index contributed by atoms with van der Waals surface area (Å²) in [5, 5.41) is 11.5. The van der Waals surface area contributed by atoms with Gasteiger partial charge < -0.3 is 20.2 Å². The van der Waals surface area contributed by atoms with Crippen molar-refractivity contribution in [1.29, 1.82) is 0 Å². The van der Waals surface area contributed by atoms with Crippen molar-refractivity contribution in [3.63, 3.8) is 0 Å². The van der Waals surface area contributed by atoms with Crippen LogP contribution in [0.25, 0.3) is 0 Å². The van der Waals surface area contributed by atoms with Gasteiger partial charge in [-0.2, -0.15) is 0 Å². The molecule has 1 aromatic rings. The van der Waals surface area contributed by atoms with E-state index in [9.17, 15) is 33.9 Å². The van der Waals surface area contributed by atoms with Crippen molar-refractivity contribution in [1.82, 2.24) is 20.0 Å². The van der Waals surface area contributed by atoms with Crippen LogP contribution < -0.4 is 10.2 Å². The summed E-state index contributed by atoms with van der Waals surface area (Å²) < 4.78 is -0.770. The third-order valence-corrected chi connectivity index (χ3v) is 8.11. The number of imide groups is 1. The van der Waals surface area contributed by atoms with Crippen LogP contribution >= 0.6 is 11.8 Å². The molecule has 3 fully saturated rings. The number of likely N-dealkylation sites (N-methyl/N-ethyl adjacent to an activating group) is 1. The van der Waals surface area contributed by atoms with Gasteiger partial charge in [-0.1, -0.05) is 18.2 Å². The Morgan fingerprint density at radius 2 is 1.76 bits per heavy atom. The number of thioether (sulfide) groups is 1. The molecule has 4 rings (SSSR count). The van der Waals surface area contributed by atoms with Crippen LogP contribution in [0.15, 0.2) is 30.3 Å². The zero-order valence-corrected chi connectivity index (χ0v) is 20.9. The van der Waals surface area contributed by atoms with Gasteiger partial charge in [0.15, 0.2) is 0 Å². The molecule has 2 N–H and O–H groups in total. The van der Waals surface area contributed by atoms with Crippen molar-refractivity contribution in [3.8, 4) is 0 Å². The fraction of sp³-hybridized carbons (Fsp3) is 0.478. The number of anilines is 1. The molecule has 194 valence electrons. The third-order valence-electron chi connectivity index (χ3n) is 6.55. The molecule has 0 bridgehead atoms. The number of β-lactam (4-membered cyclic amide) rings is 1. The molecular formula is C23H28N5NaO7S. The number of fused-ring (bicyclic) bond motifs is 1. The number of rotatable bonds is 6. The molecule has 37 heavy (non-hydrogen) atoms. The molecule has 12 nitrogen and oxygen atoms in total. The number of hydrogen-bond acceptors (Lipinski definition) is 7. The minimum atomic E-state index is -1.12. The van der Waals surface area contributed by atoms with Gasteiger partial charge in [-0.05, 0) is 32.9 Å².